The van der Waals surface area contributed by atoms with Crippen molar-refractivity contribution >= 4 is 34.8 Å². The van der Waals surface area contributed by atoms with Crippen molar-refractivity contribution in [2.75, 3.05) is 18.4 Å². The van der Waals surface area contributed by atoms with Crippen LogP contribution in [-0.4, -0.2) is 30.0 Å². The molecule has 6 heteroatoms. The number of fused-ring (bicyclic) bond motifs is 1. The van der Waals surface area contributed by atoms with Gasteiger partial charge < -0.3 is 15.5 Å². The van der Waals surface area contributed by atoms with Crippen LogP contribution in [-0.2, 0) is 13.1 Å². The molecule has 0 bridgehead atoms. The highest BCUT2D eigenvalue weighted by Crippen LogP contribution is 2.23. The number of benzene rings is 2. The first-order valence-corrected chi connectivity index (χ1v) is 9.76. The number of likely N-dealkylation sites (tertiary alicyclic amines) is 1. The van der Waals surface area contributed by atoms with Gasteiger partial charge in [-0.1, -0.05) is 41.4 Å². The van der Waals surface area contributed by atoms with E-state index in [1.807, 2.05) is 12.1 Å². The summed E-state index contributed by atoms with van der Waals surface area (Å²) in [6.07, 6.45) is 2.31. The van der Waals surface area contributed by atoms with E-state index in [0.29, 0.717) is 16.1 Å². The molecule has 1 saturated heterocycles. The van der Waals surface area contributed by atoms with Crippen LogP contribution < -0.4 is 10.6 Å². The lowest BCUT2D eigenvalue weighted by molar-refractivity contribution is 0.273. The number of guanidine groups is 1. The van der Waals surface area contributed by atoms with Crippen molar-refractivity contribution in [3.05, 3.63) is 63.6 Å². The Morgan fingerprint density at radius 2 is 1.96 bits per heavy atom. The molecule has 0 spiro atoms. The van der Waals surface area contributed by atoms with Crippen LogP contribution in [0.15, 0.2) is 47.5 Å². The molecule has 4 rings (SSSR count). The number of nitrogens with zero attached hydrogens (tertiary/aromatic N) is 2. The molecule has 2 heterocycles. The zero-order valence-corrected chi connectivity index (χ0v) is 16.0. The Kier molecular flexibility index (Phi) is 5.34. The van der Waals surface area contributed by atoms with Crippen molar-refractivity contribution in [2.45, 2.75) is 32.0 Å². The van der Waals surface area contributed by atoms with Gasteiger partial charge in [0.1, 0.15) is 0 Å². The smallest absolute Gasteiger partial charge is 0.198 e. The molecular weight excluding hydrogens is 367 g/mol. The zero-order chi connectivity index (χ0) is 17.9. The van der Waals surface area contributed by atoms with E-state index < -0.39 is 0 Å². The summed E-state index contributed by atoms with van der Waals surface area (Å²) in [5.74, 6) is 0.987. The Labute approximate surface area is 164 Å². The quantitative estimate of drug-likeness (QED) is 0.811. The van der Waals surface area contributed by atoms with Gasteiger partial charge in [-0.15, -0.1) is 0 Å². The second-order valence-corrected chi connectivity index (χ2v) is 7.74. The summed E-state index contributed by atoms with van der Waals surface area (Å²) in [4.78, 5) is 7.09. The standard InChI is InChI=1S/C20H22Cl2N4/c21-16-8-14(9-17(22)10-16)11-23-18-5-3-7-26(13-18)20-24-12-15-4-1-2-6-19(15)25-20/h1-2,4,6,8-10,18,23H,3,5,7,11-13H2,(H,24,25)/t18-/m0/s1. The second kappa shape index (κ2) is 7.87. The van der Waals surface area contributed by atoms with Crippen LogP contribution in [0.2, 0.25) is 10.0 Å². The molecule has 0 amide bonds. The first-order valence-electron chi connectivity index (χ1n) is 9.00. The van der Waals surface area contributed by atoms with Crippen LogP contribution >= 0.6 is 23.2 Å². The van der Waals surface area contributed by atoms with Crippen LogP contribution in [0.25, 0.3) is 0 Å². The number of para-hydroxylation sites is 1. The monoisotopic (exact) mass is 388 g/mol. The van der Waals surface area contributed by atoms with Crippen molar-refractivity contribution in [2.24, 2.45) is 4.99 Å². The highest BCUT2D eigenvalue weighted by molar-refractivity contribution is 6.34. The maximum absolute atomic E-state index is 6.09. The molecule has 2 aliphatic rings. The van der Waals surface area contributed by atoms with E-state index in [4.69, 9.17) is 28.2 Å². The Hall–Kier alpha value is -1.75. The van der Waals surface area contributed by atoms with Crippen LogP contribution in [0.5, 0.6) is 0 Å². The lowest BCUT2D eigenvalue weighted by Gasteiger charge is -2.36. The Bertz CT molecular complexity index is 801. The number of rotatable bonds is 3. The Balaban J connectivity index is 1.36. The SMILES string of the molecule is Clc1cc(Cl)cc(CN[C@H]2CCCN(C3=NCc4ccccc4N3)C2)c1. The summed E-state index contributed by atoms with van der Waals surface area (Å²) in [6, 6.07) is 14.5. The molecule has 0 radical (unpaired) electrons. The first kappa shape index (κ1) is 17.7. The molecule has 2 N–H and O–H groups in total. The van der Waals surface area contributed by atoms with Gasteiger partial charge in [-0.3, -0.25) is 0 Å². The molecule has 0 aliphatic carbocycles. The van der Waals surface area contributed by atoms with Gasteiger partial charge >= 0.3 is 0 Å². The molecule has 0 saturated carbocycles. The summed E-state index contributed by atoms with van der Waals surface area (Å²) < 4.78 is 0. The highest BCUT2D eigenvalue weighted by atomic mass is 35.5. The lowest BCUT2D eigenvalue weighted by atomic mass is 10.1. The molecule has 2 aromatic carbocycles. The number of anilines is 1. The average molecular weight is 389 g/mol. The number of aliphatic imine (C=N–C) groups is 1. The summed E-state index contributed by atoms with van der Waals surface area (Å²) in [5.41, 5.74) is 3.53. The van der Waals surface area contributed by atoms with Crippen molar-refractivity contribution in [1.29, 1.82) is 0 Å². The molecule has 4 nitrogen and oxygen atoms in total. The van der Waals surface area contributed by atoms with Gasteiger partial charge in [0.2, 0.25) is 0 Å². The third-order valence-corrected chi connectivity index (χ3v) is 5.34. The Morgan fingerprint density at radius 3 is 2.81 bits per heavy atom. The van der Waals surface area contributed by atoms with Crippen molar-refractivity contribution in [3.63, 3.8) is 0 Å². The molecule has 1 fully saturated rings. The van der Waals surface area contributed by atoms with Gasteiger partial charge in [-0.2, -0.15) is 0 Å². The lowest BCUT2D eigenvalue weighted by Crippen LogP contribution is -2.50. The van der Waals surface area contributed by atoms with Gasteiger partial charge in [0, 0.05) is 41.4 Å². The molecule has 1 atom stereocenters. The number of halogens is 2. The van der Waals surface area contributed by atoms with Crippen LogP contribution in [0.3, 0.4) is 0 Å². The minimum absolute atomic E-state index is 0.420. The summed E-state index contributed by atoms with van der Waals surface area (Å²) in [6.45, 7) is 3.49. The second-order valence-electron chi connectivity index (χ2n) is 6.87. The number of hydrogen-bond acceptors (Lipinski definition) is 4. The topological polar surface area (TPSA) is 39.7 Å². The van der Waals surface area contributed by atoms with Crippen molar-refractivity contribution in [3.8, 4) is 0 Å². The molecule has 0 aromatic heterocycles. The average Bonchev–Trinajstić information content (AvgIpc) is 2.65. The van der Waals surface area contributed by atoms with E-state index in [1.54, 1.807) is 6.07 Å². The van der Waals surface area contributed by atoms with E-state index in [2.05, 4.69) is 39.8 Å². The molecule has 26 heavy (non-hydrogen) atoms. The van der Waals surface area contributed by atoms with E-state index in [9.17, 15) is 0 Å². The van der Waals surface area contributed by atoms with E-state index in [-0.39, 0.29) is 0 Å². The van der Waals surface area contributed by atoms with Crippen molar-refractivity contribution in [1.82, 2.24) is 10.2 Å². The summed E-state index contributed by atoms with van der Waals surface area (Å²) in [5, 5.41) is 8.49. The number of nitrogens with one attached hydrogen (secondary N) is 2. The fourth-order valence-electron chi connectivity index (χ4n) is 3.59. The predicted octanol–water partition coefficient (Wildman–Crippen LogP) is 4.53. The van der Waals surface area contributed by atoms with Crippen molar-refractivity contribution < 1.29 is 0 Å². The molecular formula is C20H22Cl2N4. The molecule has 136 valence electrons. The van der Waals surface area contributed by atoms with Gasteiger partial charge in [0.15, 0.2) is 5.96 Å². The molecule has 0 unspecified atom stereocenters. The number of piperidine rings is 1. The molecule has 2 aromatic rings. The normalized spacial score (nSPS) is 19.5. The van der Waals surface area contributed by atoms with E-state index in [1.165, 1.54) is 11.3 Å². The van der Waals surface area contributed by atoms with Gasteiger partial charge in [0.25, 0.3) is 0 Å². The first-order chi connectivity index (χ1) is 12.7. The van der Waals surface area contributed by atoms with Crippen LogP contribution in [0, 0.1) is 0 Å². The third-order valence-electron chi connectivity index (χ3n) is 4.90. The fraction of sp³-hybridized carbons (Fsp3) is 0.350. The minimum Gasteiger partial charge on any atom is -0.341 e. The largest absolute Gasteiger partial charge is 0.341 e. The zero-order valence-electron chi connectivity index (χ0n) is 14.5. The predicted molar refractivity (Wildman–Crippen MR) is 109 cm³/mol. The van der Waals surface area contributed by atoms with Crippen LogP contribution in [0.4, 0.5) is 5.69 Å². The third kappa shape index (κ3) is 4.14. The Morgan fingerprint density at radius 1 is 1.15 bits per heavy atom. The molecule has 2 aliphatic heterocycles. The maximum atomic E-state index is 6.09. The van der Waals surface area contributed by atoms with Gasteiger partial charge in [-0.05, 0) is 48.2 Å². The maximum Gasteiger partial charge on any atom is 0.198 e. The van der Waals surface area contributed by atoms with Gasteiger partial charge in [0.05, 0.1) is 6.54 Å². The summed E-state index contributed by atoms with van der Waals surface area (Å²) in [7, 11) is 0. The summed E-state index contributed by atoms with van der Waals surface area (Å²) >= 11 is 12.2. The number of hydrogen-bond donors (Lipinski definition) is 2. The highest BCUT2D eigenvalue weighted by Gasteiger charge is 2.24. The minimum atomic E-state index is 0.420. The van der Waals surface area contributed by atoms with Crippen LogP contribution in [0.1, 0.15) is 24.0 Å². The van der Waals surface area contributed by atoms with Gasteiger partial charge in [-0.25, -0.2) is 4.99 Å². The van der Waals surface area contributed by atoms with E-state index in [0.717, 1.165) is 50.5 Å². The van der Waals surface area contributed by atoms with E-state index >= 15 is 0 Å². The fourth-order valence-corrected chi connectivity index (χ4v) is 4.16.